The third-order valence-electron chi connectivity index (χ3n) is 4.20. The second kappa shape index (κ2) is 7.39. The molecule has 1 aliphatic heterocycles. The molecule has 26 heavy (non-hydrogen) atoms. The highest BCUT2D eigenvalue weighted by molar-refractivity contribution is 6.07. The van der Waals surface area contributed by atoms with Gasteiger partial charge in [0.1, 0.15) is 11.3 Å². The van der Waals surface area contributed by atoms with Crippen LogP contribution in [0.3, 0.4) is 0 Å². The Morgan fingerprint density at radius 3 is 2.46 bits per heavy atom. The SMILES string of the molecule is CCCOc1ccc(/C=N\N2C(=O)N[C@@](C)(c3ccccc3)C2=O)cc1. The first-order valence-electron chi connectivity index (χ1n) is 8.53. The number of nitrogens with zero attached hydrogens (tertiary/aromatic N) is 2. The molecule has 6 heteroatoms. The number of ether oxygens (including phenoxy) is 1. The molecule has 0 saturated carbocycles. The number of carbonyl (C=O) groups excluding carboxylic acids is 2. The van der Waals surface area contributed by atoms with Crippen molar-refractivity contribution in [2.75, 3.05) is 6.61 Å². The van der Waals surface area contributed by atoms with E-state index in [0.717, 1.165) is 22.7 Å². The van der Waals surface area contributed by atoms with Crippen molar-refractivity contribution in [1.82, 2.24) is 10.3 Å². The zero-order valence-electron chi connectivity index (χ0n) is 14.8. The van der Waals surface area contributed by atoms with Gasteiger partial charge in [-0.15, -0.1) is 5.01 Å². The Kier molecular flexibility index (Phi) is 5.02. The molecular weight excluding hydrogens is 330 g/mol. The average Bonchev–Trinajstić information content (AvgIpc) is 2.89. The van der Waals surface area contributed by atoms with Crippen molar-refractivity contribution in [2.45, 2.75) is 25.8 Å². The highest BCUT2D eigenvalue weighted by Crippen LogP contribution is 2.28. The molecule has 3 rings (SSSR count). The first-order valence-corrected chi connectivity index (χ1v) is 8.53. The summed E-state index contributed by atoms with van der Waals surface area (Å²) in [5.41, 5.74) is 0.365. The van der Waals surface area contributed by atoms with Gasteiger partial charge in [-0.2, -0.15) is 5.10 Å². The number of rotatable bonds is 6. The summed E-state index contributed by atoms with van der Waals surface area (Å²) in [6.07, 6.45) is 2.42. The lowest BCUT2D eigenvalue weighted by atomic mass is 9.92. The number of imide groups is 1. The molecule has 0 unspecified atom stereocenters. The molecule has 0 radical (unpaired) electrons. The quantitative estimate of drug-likeness (QED) is 0.641. The van der Waals surface area contributed by atoms with E-state index < -0.39 is 17.5 Å². The third kappa shape index (κ3) is 3.44. The van der Waals surface area contributed by atoms with Crippen LogP contribution in [0.15, 0.2) is 59.7 Å². The van der Waals surface area contributed by atoms with Crippen LogP contribution in [0, 0.1) is 0 Å². The van der Waals surface area contributed by atoms with E-state index in [1.165, 1.54) is 6.21 Å². The number of hydrogen-bond donors (Lipinski definition) is 1. The van der Waals surface area contributed by atoms with Crippen LogP contribution in [0.5, 0.6) is 5.75 Å². The molecule has 0 aliphatic carbocycles. The van der Waals surface area contributed by atoms with E-state index in [2.05, 4.69) is 10.4 Å². The van der Waals surface area contributed by atoms with E-state index >= 15 is 0 Å². The molecule has 1 heterocycles. The summed E-state index contributed by atoms with van der Waals surface area (Å²) in [4.78, 5) is 25.0. The molecule has 134 valence electrons. The van der Waals surface area contributed by atoms with Gasteiger partial charge in [0.05, 0.1) is 12.8 Å². The summed E-state index contributed by atoms with van der Waals surface area (Å²) in [6.45, 7) is 4.38. The second-order valence-electron chi connectivity index (χ2n) is 6.20. The fourth-order valence-corrected chi connectivity index (χ4v) is 2.69. The molecule has 0 aromatic heterocycles. The van der Waals surface area contributed by atoms with Gasteiger partial charge in [-0.25, -0.2) is 4.79 Å². The van der Waals surface area contributed by atoms with Crippen LogP contribution < -0.4 is 10.1 Å². The van der Waals surface area contributed by atoms with Crippen molar-refractivity contribution >= 4 is 18.2 Å². The van der Waals surface area contributed by atoms with Crippen LogP contribution in [0.4, 0.5) is 4.79 Å². The number of urea groups is 1. The Morgan fingerprint density at radius 2 is 1.81 bits per heavy atom. The van der Waals surface area contributed by atoms with Gasteiger partial charge in [-0.3, -0.25) is 4.79 Å². The van der Waals surface area contributed by atoms with Crippen molar-refractivity contribution in [2.24, 2.45) is 5.10 Å². The van der Waals surface area contributed by atoms with Gasteiger partial charge < -0.3 is 10.1 Å². The monoisotopic (exact) mass is 351 g/mol. The van der Waals surface area contributed by atoms with Gasteiger partial charge >= 0.3 is 6.03 Å². The summed E-state index contributed by atoms with van der Waals surface area (Å²) in [7, 11) is 0. The molecule has 1 saturated heterocycles. The van der Waals surface area contributed by atoms with Crippen LogP contribution in [-0.2, 0) is 10.3 Å². The number of hydrazone groups is 1. The Labute approximate surface area is 152 Å². The molecule has 2 aromatic rings. The minimum absolute atomic E-state index is 0.409. The third-order valence-corrected chi connectivity index (χ3v) is 4.20. The zero-order valence-corrected chi connectivity index (χ0v) is 14.8. The fourth-order valence-electron chi connectivity index (χ4n) is 2.69. The van der Waals surface area contributed by atoms with E-state index in [1.54, 1.807) is 19.1 Å². The van der Waals surface area contributed by atoms with Crippen molar-refractivity contribution in [1.29, 1.82) is 0 Å². The molecule has 1 aliphatic rings. The molecule has 1 fully saturated rings. The number of benzene rings is 2. The normalized spacial score (nSPS) is 19.8. The summed E-state index contributed by atoms with van der Waals surface area (Å²) in [5.74, 6) is 0.364. The smallest absolute Gasteiger partial charge is 0.346 e. The fraction of sp³-hybridized carbons (Fsp3) is 0.250. The first-order chi connectivity index (χ1) is 12.5. The molecule has 3 amide bonds. The van der Waals surface area contributed by atoms with Gasteiger partial charge in [-0.1, -0.05) is 37.3 Å². The molecular formula is C20H21N3O3. The highest BCUT2D eigenvalue weighted by atomic mass is 16.5. The first kappa shape index (κ1) is 17.7. The van der Waals surface area contributed by atoms with E-state index in [0.29, 0.717) is 12.2 Å². The van der Waals surface area contributed by atoms with E-state index in [-0.39, 0.29) is 0 Å². The molecule has 0 bridgehead atoms. The molecule has 1 atom stereocenters. The summed E-state index contributed by atoms with van der Waals surface area (Å²) < 4.78 is 5.53. The van der Waals surface area contributed by atoms with Crippen LogP contribution >= 0.6 is 0 Å². The van der Waals surface area contributed by atoms with Crippen LogP contribution in [0.25, 0.3) is 0 Å². The van der Waals surface area contributed by atoms with Gasteiger partial charge in [0.2, 0.25) is 0 Å². The van der Waals surface area contributed by atoms with Gasteiger partial charge in [0.15, 0.2) is 0 Å². The lowest BCUT2D eigenvalue weighted by Crippen LogP contribution is -2.40. The van der Waals surface area contributed by atoms with Crippen LogP contribution in [-0.4, -0.2) is 29.8 Å². The van der Waals surface area contributed by atoms with E-state index in [9.17, 15) is 9.59 Å². The Hall–Kier alpha value is -3.15. The zero-order chi connectivity index (χ0) is 18.6. The highest BCUT2D eigenvalue weighted by Gasteiger charge is 2.49. The maximum atomic E-state index is 12.7. The van der Waals surface area contributed by atoms with Gasteiger partial charge in [0, 0.05) is 0 Å². The summed E-state index contributed by atoms with van der Waals surface area (Å²) >= 11 is 0. The van der Waals surface area contributed by atoms with Crippen LogP contribution in [0.2, 0.25) is 0 Å². The number of nitrogens with one attached hydrogen (secondary N) is 1. The standard InChI is InChI=1S/C20H21N3O3/c1-3-13-26-17-11-9-15(10-12-17)14-21-23-18(24)20(2,22-19(23)25)16-7-5-4-6-8-16/h4-12,14H,3,13H2,1-2H3,(H,22,25)/b21-14-/t20-/m0/s1. The average molecular weight is 351 g/mol. The molecule has 2 aromatic carbocycles. The summed E-state index contributed by atoms with van der Waals surface area (Å²) in [5, 5.41) is 7.66. The van der Waals surface area contributed by atoms with Crippen molar-refractivity contribution in [3.8, 4) is 5.75 Å². The van der Waals surface area contributed by atoms with E-state index in [4.69, 9.17) is 4.74 Å². The predicted molar refractivity (Wildman–Crippen MR) is 99.0 cm³/mol. The van der Waals surface area contributed by atoms with Crippen molar-refractivity contribution in [3.63, 3.8) is 0 Å². The van der Waals surface area contributed by atoms with Crippen molar-refractivity contribution in [3.05, 3.63) is 65.7 Å². The topological polar surface area (TPSA) is 71.0 Å². The second-order valence-corrected chi connectivity index (χ2v) is 6.20. The van der Waals surface area contributed by atoms with Crippen molar-refractivity contribution < 1.29 is 14.3 Å². The maximum Gasteiger partial charge on any atom is 0.346 e. The molecule has 6 nitrogen and oxygen atoms in total. The number of carbonyl (C=O) groups is 2. The molecule has 0 spiro atoms. The Balaban J connectivity index is 1.74. The molecule has 1 N–H and O–H groups in total. The number of amides is 3. The maximum absolute atomic E-state index is 12.7. The Morgan fingerprint density at radius 1 is 1.12 bits per heavy atom. The summed E-state index contributed by atoms with van der Waals surface area (Å²) in [6, 6.07) is 15.9. The van der Waals surface area contributed by atoms with Gasteiger partial charge in [-0.05, 0) is 48.7 Å². The Bertz CT molecular complexity index is 818. The lowest BCUT2D eigenvalue weighted by molar-refractivity contribution is -0.131. The minimum Gasteiger partial charge on any atom is -0.494 e. The predicted octanol–water partition coefficient (Wildman–Crippen LogP) is 3.28. The van der Waals surface area contributed by atoms with Gasteiger partial charge in [0.25, 0.3) is 5.91 Å². The van der Waals surface area contributed by atoms with Crippen LogP contribution in [0.1, 0.15) is 31.4 Å². The van der Waals surface area contributed by atoms with E-state index in [1.807, 2.05) is 49.4 Å². The largest absolute Gasteiger partial charge is 0.494 e. The number of hydrogen-bond acceptors (Lipinski definition) is 4. The minimum atomic E-state index is -1.12. The lowest BCUT2D eigenvalue weighted by Gasteiger charge is -2.20.